The molecule has 4 aromatic carbocycles. The highest BCUT2D eigenvalue weighted by Gasteiger charge is 2.09. The van der Waals surface area contributed by atoms with Crippen LogP contribution in [0.2, 0.25) is 0 Å². The molecule has 0 unspecified atom stereocenters. The molecule has 0 atom stereocenters. The van der Waals surface area contributed by atoms with Crippen molar-refractivity contribution in [2.45, 2.75) is 4.90 Å². The number of carbonyl (C=O) groups is 1. The number of benzene rings is 4. The van der Waals surface area contributed by atoms with Crippen molar-refractivity contribution >= 4 is 38.2 Å². The number of rotatable bonds is 4. The first-order valence-electron chi connectivity index (χ1n) is 10.8. The first-order chi connectivity index (χ1) is 17.6. The van der Waals surface area contributed by atoms with Gasteiger partial charge in [0, 0.05) is 34.6 Å². The first-order valence-corrected chi connectivity index (χ1v) is 12.3. The van der Waals surface area contributed by atoms with Crippen molar-refractivity contribution in [3.63, 3.8) is 0 Å². The van der Waals surface area contributed by atoms with Crippen LogP contribution in [0.5, 0.6) is 5.75 Å². The zero-order chi connectivity index (χ0) is 26.6. The third kappa shape index (κ3) is 6.23. The molecule has 1 amide bonds. The minimum absolute atomic E-state index is 0.189. The lowest BCUT2D eigenvalue weighted by Gasteiger charge is -2.08. The SMILES string of the molecule is Nc1ccc(C(=O)Nc2ccc3cccc(O)c3c2)cc1.O=c1ccn(-c2ccc(S(=O)(=O)O)cc2)[nH]1. The number of nitrogens with one attached hydrogen (secondary N) is 2. The number of aromatic amines is 1. The van der Waals surface area contributed by atoms with Gasteiger partial charge in [0.1, 0.15) is 5.75 Å². The zero-order valence-electron chi connectivity index (χ0n) is 19.2. The number of nitrogen functional groups attached to an aromatic ring is 1. The highest BCUT2D eigenvalue weighted by Crippen LogP contribution is 2.27. The van der Waals surface area contributed by atoms with E-state index in [1.807, 2.05) is 12.1 Å². The van der Waals surface area contributed by atoms with Gasteiger partial charge in [-0.05, 0) is 72.1 Å². The molecule has 0 aliphatic heterocycles. The third-order valence-corrected chi connectivity index (χ3v) is 6.18. The van der Waals surface area contributed by atoms with Crippen LogP contribution in [-0.2, 0) is 10.1 Å². The summed E-state index contributed by atoms with van der Waals surface area (Å²) in [5, 5.41) is 16.8. The molecule has 5 aromatic rings. The van der Waals surface area contributed by atoms with E-state index in [1.165, 1.54) is 41.2 Å². The fourth-order valence-corrected chi connectivity index (χ4v) is 3.92. The molecule has 5 rings (SSSR count). The predicted octanol–water partition coefficient (Wildman–Crippen LogP) is 3.79. The number of hydrogen-bond donors (Lipinski definition) is 5. The monoisotopic (exact) mass is 518 g/mol. The van der Waals surface area contributed by atoms with Crippen LogP contribution < -0.4 is 16.6 Å². The van der Waals surface area contributed by atoms with Gasteiger partial charge in [-0.3, -0.25) is 23.9 Å². The second-order valence-corrected chi connectivity index (χ2v) is 9.34. The Hall–Kier alpha value is -4.87. The maximum atomic E-state index is 12.1. The van der Waals surface area contributed by atoms with Crippen LogP contribution in [0.1, 0.15) is 10.4 Å². The molecule has 37 heavy (non-hydrogen) atoms. The summed E-state index contributed by atoms with van der Waals surface area (Å²) in [4.78, 5) is 22.8. The van der Waals surface area contributed by atoms with E-state index in [-0.39, 0.29) is 22.1 Å². The van der Waals surface area contributed by atoms with Crippen molar-refractivity contribution < 1.29 is 22.9 Å². The molecule has 0 saturated heterocycles. The lowest BCUT2D eigenvalue weighted by molar-refractivity contribution is 0.102. The second-order valence-electron chi connectivity index (χ2n) is 7.92. The number of aromatic hydroxyl groups is 1. The average Bonchev–Trinajstić information content (AvgIpc) is 3.31. The molecule has 0 aliphatic carbocycles. The molecule has 10 nitrogen and oxygen atoms in total. The summed E-state index contributed by atoms with van der Waals surface area (Å²) >= 11 is 0. The van der Waals surface area contributed by atoms with E-state index in [4.69, 9.17) is 10.3 Å². The maximum absolute atomic E-state index is 12.1. The summed E-state index contributed by atoms with van der Waals surface area (Å²) in [5.74, 6) is -0.0270. The number of phenolic OH excluding ortho intramolecular Hbond substituents is 1. The Labute approximate surface area is 211 Å². The molecule has 0 fully saturated rings. The Morgan fingerprint density at radius 1 is 0.919 bits per heavy atom. The minimum atomic E-state index is -4.18. The summed E-state index contributed by atoms with van der Waals surface area (Å²) in [6.07, 6.45) is 1.52. The van der Waals surface area contributed by atoms with Crippen LogP contribution in [-0.4, -0.2) is 33.8 Å². The van der Waals surface area contributed by atoms with Crippen LogP contribution in [0.15, 0.2) is 107 Å². The van der Waals surface area contributed by atoms with Crippen molar-refractivity contribution in [1.29, 1.82) is 0 Å². The number of nitrogens with zero attached hydrogens (tertiary/aromatic N) is 1. The van der Waals surface area contributed by atoms with Crippen LogP contribution in [0.25, 0.3) is 16.5 Å². The molecule has 1 aromatic heterocycles. The smallest absolute Gasteiger partial charge is 0.294 e. The Morgan fingerprint density at radius 3 is 2.24 bits per heavy atom. The largest absolute Gasteiger partial charge is 0.507 e. The number of nitrogens with two attached hydrogens (primary N) is 1. The standard InChI is InChI=1S/C17H14N2O2.C9H8N2O4S/c18-13-7-4-12(5-8-13)17(21)19-14-9-6-11-2-1-3-16(20)15(11)10-14;12-9-5-6-11(10-9)7-1-3-8(4-2-7)16(13,14)15/h1-10,20H,18H2,(H,19,21);1-6H,(H,10,12)(H,13,14,15). The molecular weight excluding hydrogens is 496 g/mol. The lowest BCUT2D eigenvalue weighted by atomic mass is 10.1. The number of carbonyl (C=O) groups excluding carboxylic acids is 1. The zero-order valence-corrected chi connectivity index (χ0v) is 20.0. The van der Waals surface area contributed by atoms with Gasteiger partial charge in [0.25, 0.3) is 21.6 Å². The van der Waals surface area contributed by atoms with Gasteiger partial charge in [-0.1, -0.05) is 18.2 Å². The normalized spacial score (nSPS) is 10.9. The van der Waals surface area contributed by atoms with Gasteiger partial charge in [-0.15, -0.1) is 0 Å². The van der Waals surface area contributed by atoms with Crippen LogP contribution in [0, 0.1) is 0 Å². The van der Waals surface area contributed by atoms with Gasteiger partial charge < -0.3 is 16.2 Å². The molecule has 1 heterocycles. The number of amides is 1. The van der Waals surface area contributed by atoms with Gasteiger partial charge >= 0.3 is 0 Å². The fourth-order valence-electron chi connectivity index (χ4n) is 3.44. The van der Waals surface area contributed by atoms with Crippen molar-refractivity contribution in [3.05, 3.63) is 113 Å². The summed E-state index contributed by atoms with van der Waals surface area (Å²) < 4.78 is 31.8. The number of phenols is 1. The van der Waals surface area contributed by atoms with Gasteiger partial charge in [0.05, 0.1) is 10.6 Å². The molecular formula is C26H22N4O6S. The van der Waals surface area contributed by atoms with E-state index >= 15 is 0 Å². The Balaban J connectivity index is 0.000000180. The van der Waals surface area contributed by atoms with Gasteiger partial charge in [0.2, 0.25) is 0 Å². The quantitative estimate of drug-likeness (QED) is 0.178. The number of hydrogen-bond acceptors (Lipinski definition) is 6. The minimum Gasteiger partial charge on any atom is -0.507 e. The van der Waals surface area contributed by atoms with Crippen LogP contribution in [0.3, 0.4) is 0 Å². The lowest BCUT2D eigenvalue weighted by Crippen LogP contribution is -2.11. The molecule has 0 spiro atoms. The predicted molar refractivity (Wildman–Crippen MR) is 141 cm³/mol. The van der Waals surface area contributed by atoms with Crippen molar-refractivity contribution in [3.8, 4) is 11.4 Å². The van der Waals surface area contributed by atoms with E-state index in [1.54, 1.807) is 48.5 Å². The molecule has 0 bridgehead atoms. The fraction of sp³-hybridized carbons (Fsp3) is 0. The topological polar surface area (TPSA) is 168 Å². The molecule has 188 valence electrons. The van der Waals surface area contributed by atoms with Gasteiger partial charge in [-0.25, -0.2) is 0 Å². The molecule has 0 aliphatic rings. The van der Waals surface area contributed by atoms with Crippen molar-refractivity contribution in [1.82, 2.24) is 9.78 Å². The van der Waals surface area contributed by atoms with E-state index in [0.29, 0.717) is 28.0 Å². The number of anilines is 2. The molecule has 0 saturated carbocycles. The average molecular weight is 519 g/mol. The highest BCUT2D eigenvalue weighted by molar-refractivity contribution is 7.85. The van der Waals surface area contributed by atoms with Gasteiger partial charge in [-0.2, -0.15) is 8.42 Å². The van der Waals surface area contributed by atoms with E-state index in [9.17, 15) is 23.1 Å². The van der Waals surface area contributed by atoms with Crippen molar-refractivity contribution in [2.24, 2.45) is 0 Å². The van der Waals surface area contributed by atoms with Gasteiger partial charge in [0.15, 0.2) is 0 Å². The number of fused-ring (bicyclic) bond motifs is 1. The van der Waals surface area contributed by atoms with E-state index in [2.05, 4.69) is 10.4 Å². The van der Waals surface area contributed by atoms with E-state index < -0.39 is 10.1 Å². The molecule has 0 radical (unpaired) electrons. The third-order valence-electron chi connectivity index (χ3n) is 5.31. The molecule has 11 heteroatoms. The molecule has 6 N–H and O–H groups in total. The maximum Gasteiger partial charge on any atom is 0.294 e. The summed E-state index contributed by atoms with van der Waals surface area (Å²) in [5.41, 5.74) is 7.71. The number of H-pyrrole nitrogens is 1. The highest BCUT2D eigenvalue weighted by atomic mass is 32.2. The Morgan fingerprint density at radius 2 is 1.62 bits per heavy atom. The Kier molecular flexibility index (Phi) is 7.09. The first kappa shape index (κ1) is 25.2. The second kappa shape index (κ2) is 10.4. The van der Waals surface area contributed by atoms with Crippen molar-refractivity contribution in [2.75, 3.05) is 11.1 Å². The van der Waals surface area contributed by atoms with Crippen LogP contribution in [0.4, 0.5) is 11.4 Å². The summed E-state index contributed by atoms with van der Waals surface area (Å²) in [6.45, 7) is 0. The van der Waals surface area contributed by atoms with E-state index in [0.717, 1.165) is 5.39 Å². The Bertz CT molecular complexity index is 1720. The summed E-state index contributed by atoms with van der Waals surface area (Å²) in [6, 6.07) is 24.2. The number of aromatic nitrogens is 2. The van der Waals surface area contributed by atoms with Crippen LogP contribution >= 0.6 is 0 Å². The summed E-state index contributed by atoms with van der Waals surface area (Å²) in [7, 11) is -4.18.